The van der Waals surface area contributed by atoms with Gasteiger partial charge in [0.25, 0.3) is 0 Å². The molecule has 1 aromatic heterocycles. The average Bonchev–Trinajstić information content (AvgIpc) is 2.87. The number of hydrogen-bond acceptors (Lipinski definition) is 6. The number of nitrogens with zero attached hydrogens (tertiary/aromatic N) is 1. The van der Waals surface area contributed by atoms with E-state index in [-0.39, 0.29) is 16.5 Å². The maximum absolute atomic E-state index is 12.1. The van der Waals surface area contributed by atoms with E-state index in [1.54, 1.807) is 6.92 Å². The molecular weight excluding hydrogens is 306 g/mol. The van der Waals surface area contributed by atoms with Gasteiger partial charge < -0.3 is 11.1 Å². The molecule has 0 spiro atoms. The quantitative estimate of drug-likeness (QED) is 0.836. The Bertz CT molecular complexity index is 561. The molecule has 5 nitrogen and oxygen atoms in total. The molecule has 1 aliphatic rings. The molecule has 2 rings (SSSR count). The molecule has 0 bridgehead atoms. The SMILES string of the molecule is CCC1CCC(CNc2snc(N)c2S(=O)(=O)CC)CC1. The minimum atomic E-state index is -3.32. The van der Waals surface area contributed by atoms with Crippen LogP contribution in [0.25, 0.3) is 0 Å². The van der Waals surface area contributed by atoms with E-state index >= 15 is 0 Å². The van der Waals surface area contributed by atoms with Gasteiger partial charge in [-0.15, -0.1) is 0 Å². The van der Waals surface area contributed by atoms with Gasteiger partial charge in [0.1, 0.15) is 9.90 Å². The molecule has 0 unspecified atom stereocenters. The third-order valence-corrected chi connectivity index (χ3v) is 7.20. The molecule has 0 saturated heterocycles. The molecule has 1 saturated carbocycles. The highest BCUT2D eigenvalue weighted by atomic mass is 32.2. The predicted octanol–water partition coefficient (Wildman–Crippen LogP) is 3.15. The van der Waals surface area contributed by atoms with E-state index in [1.807, 2.05) is 0 Å². The fourth-order valence-electron chi connectivity index (χ4n) is 2.93. The summed E-state index contributed by atoms with van der Waals surface area (Å²) in [7, 11) is -3.32. The first kappa shape index (κ1) is 16.5. The van der Waals surface area contributed by atoms with Crippen molar-refractivity contribution in [3.63, 3.8) is 0 Å². The number of nitrogens with two attached hydrogens (primary N) is 1. The molecule has 120 valence electrons. The van der Waals surface area contributed by atoms with Gasteiger partial charge in [0.2, 0.25) is 0 Å². The van der Waals surface area contributed by atoms with E-state index in [0.717, 1.165) is 24.0 Å². The average molecular weight is 332 g/mol. The molecule has 1 fully saturated rings. The largest absolute Gasteiger partial charge is 0.382 e. The predicted molar refractivity (Wildman–Crippen MR) is 88.5 cm³/mol. The molecule has 0 radical (unpaired) electrons. The smallest absolute Gasteiger partial charge is 0.184 e. The first-order chi connectivity index (χ1) is 9.97. The molecule has 3 N–H and O–H groups in total. The number of nitrogen functional groups attached to an aromatic ring is 1. The van der Waals surface area contributed by atoms with Crippen LogP contribution in [0.1, 0.15) is 46.0 Å². The molecule has 1 heterocycles. The highest BCUT2D eigenvalue weighted by Gasteiger charge is 2.25. The van der Waals surface area contributed by atoms with E-state index in [1.165, 1.54) is 32.1 Å². The summed E-state index contributed by atoms with van der Waals surface area (Å²) in [5.41, 5.74) is 5.73. The van der Waals surface area contributed by atoms with E-state index in [4.69, 9.17) is 5.73 Å². The Labute approximate surface area is 131 Å². The zero-order chi connectivity index (χ0) is 15.5. The second-order valence-corrected chi connectivity index (χ2v) is 8.79. The van der Waals surface area contributed by atoms with Gasteiger partial charge in [0, 0.05) is 6.54 Å². The fraction of sp³-hybridized carbons (Fsp3) is 0.786. The summed E-state index contributed by atoms with van der Waals surface area (Å²) in [5, 5.41) is 3.88. The zero-order valence-corrected chi connectivity index (χ0v) is 14.4. The van der Waals surface area contributed by atoms with Gasteiger partial charge in [-0.25, -0.2) is 8.42 Å². The third-order valence-electron chi connectivity index (χ3n) is 4.46. The van der Waals surface area contributed by atoms with Crippen molar-refractivity contribution in [3.8, 4) is 0 Å². The number of aromatic nitrogens is 1. The molecule has 0 atom stereocenters. The van der Waals surface area contributed by atoms with Crippen molar-refractivity contribution in [3.05, 3.63) is 0 Å². The zero-order valence-electron chi connectivity index (χ0n) is 12.8. The van der Waals surface area contributed by atoms with Crippen LogP contribution in [0, 0.1) is 11.8 Å². The van der Waals surface area contributed by atoms with Gasteiger partial charge in [-0.1, -0.05) is 33.1 Å². The Hall–Kier alpha value is -0.820. The van der Waals surface area contributed by atoms with Crippen molar-refractivity contribution in [2.24, 2.45) is 11.8 Å². The van der Waals surface area contributed by atoms with Gasteiger partial charge in [-0.2, -0.15) is 4.37 Å². The number of anilines is 2. The van der Waals surface area contributed by atoms with Crippen LogP contribution in [0.2, 0.25) is 0 Å². The summed E-state index contributed by atoms with van der Waals surface area (Å²) in [4.78, 5) is 0.192. The Balaban J connectivity index is 1.99. The lowest BCUT2D eigenvalue weighted by Crippen LogP contribution is -2.21. The summed E-state index contributed by atoms with van der Waals surface area (Å²) >= 11 is 1.15. The monoisotopic (exact) mass is 331 g/mol. The maximum Gasteiger partial charge on any atom is 0.184 e. The van der Waals surface area contributed by atoms with Crippen LogP contribution in [0.3, 0.4) is 0 Å². The van der Waals surface area contributed by atoms with Crippen LogP contribution in [-0.4, -0.2) is 25.1 Å². The van der Waals surface area contributed by atoms with Gasteiger partial charge in [-0.3, -0.25) is 0 Å². The highest BCUT2D eigenvalue weighted by Crippen LogP contribution is 2.34. The van der Waals surface area contributed by atoms with Crippen molar-refractivity contribution in [1.82, 2.24) is 4.37 Å². The van der Waals surface area contributed by atoms with Crippen LogP contribution < -0.4 is 11.1 Å². The molecule has 0 aromatic carbocycles. The summed E-state index contributed by atoms with van der Waals surface area (Å²) in [6, 6.07) is 0. The van der Waals surface area contributed by atoms with Gasteiger partial charge in [0.05, 0.1) is 5.75 Å². The molecule has 7 heteroatoms. The summed E-state index contributed by atoms with van der Waals surface area (Å²) in [6.45, 7) is 4.69. The molecule has 1 aromatic rings. The number of nitrogens with one attached hydrogen (secondary N) is 1. The minimum absolute atomic E-state index is 0.0475. The highest BCUT2D eigenvalue weighted by molar-refractivity contribution is 7.91. The van der Waals surface area contributed by atoms with Crippen molar-refractivity contribution in [1.29, 1.82) is 0 Å². The molecule has 21 heavy (non-hydrogen) atoms. The lowest BCUT2D eigenvalue weighted by Gasteiger charge is -2.28. The van der Waals surface area contributed by atoms with Crippen molar-refractivity contribution < 1.29 is 8.42 Å². The van der Waals surface area contributed by atoms with Crippen LogP contribution >= 0.6 is 11.5 Å². The second-order valence-electron chi connectivity index (χ2n) is 5.81. The van der Waals surface area contributed by atoms with E-state index in [0.29, 0.717) is 10.9 Å². The van der Waals surface area contributed by atoms with Crippen molar-refractivity contribution in [2.45, 2.75) is 50.8 Å². The Kier molecular flexibility index (Phi) is 5.48. The number of rotatable bonds is 6. The Morgan fingerprint density at radius 2 is 1.86 bits per heavy atom. The molecule has 0 aliphatic heterocycles. The standard InChI is InChI=1S/C14H25N3O2S2/c1-3-10-5-7-11(8-6-10)9-16-14-12(13(15)17-20-14)21(18,19)4-2/h10-11,16H,3-9H2,1-2H3,(H2,15,17). The lowest BCUT2D eigenvalue weighted by atomic mass is 9.81. The first-order valence-corrected chi connectivity index (χ1v) is 10.1. The minimum Gasteiger partial charge on any atom is -0.382 e. The first-order valence-electron chi connectivity index (χ1n) is 7.69. The van der Waals surface area contributed by atoms with E-state index in [2.05, 4.69) is 16.6 Å². The molecular formula is C14H25N3O2S2. The summed E-state index contributed by atoms with van der Waals surface area (Å²) < 4.78 is 28.2. The normalized spacial score (nSPS) is 23.1. The number of hydrogen-bond donors (Lipinski definition) is 2. The van der Waals surface area contributed by atoms with Gasteiger partial charge in [-0.05, 0) is 36.2 Å². The van der Waals surface area contributed by atoms with Crippen LogP contribution in [-0.2, 0) is 9.84 Å². The Morgan fingerprint density at radius 1 is 1.24 bits per heavy atom. The fourth-order valence-corrected chi connectivity index (χ4v) is 5.11. The molecule has 1 aliphatic carbocycles. The topological polar surface area (TPSA) is 85.1 Å². The van der Waals surface area contributed by atoms with Gasteiger partial charge in [0.15, 0.2) is 15.7 Å². The summed E-state index contributed by atoms with van der Waals surface area (Å²) in [5.74, 6) is 1.66. The maximum atomic E-state index is 12.1. The Morgan fingerprint density at radius 3 is 2.43 bits per heavy atom. The van der Waals surface area contributed by atoms with Crippen LogP contribution in [0.4, 0.5) is 10.8 Å². The molecule has 0 amide bonds. The van der Waals surface area contributed by atoms with Crippen molar-refractivity contribution >= 4 is 32.2 Å². The van der Waals surface area contributed by atoms with Gasteiger partial charge >= 0.3 is 0 Å². The van der Waals surface area contributed by atoms with E-state index in [9.17, 15) is 8.42 Å². The van der Waals surface area contributed by atoms with Crippen molar-refractivity contribution in [2.75, 3.05) is 23.3 Å². The second kappa shape index (κ2) is 6.96. The van der Waals surface area contributed by atoms with E-state index < -0.39 is 9.84 Å². The summed E-state index contributed by atoms with van der Waals surface area (Å²) in [6.07, 6.45) is 6.28. The lowest BCUT2D eigenvalue weighted by molar-refractivity contribution is 0.278. The number of sulfone groups is 1. The van der Waals surface area contributed by atoms with Crippen LogP contribution in [0.15, 0.2) is 4.90 Å². The van der Waals surface area contributed by atoms with Crippen LogP contribution in [0.5, 0.6) is 0 Å². The third kappa shape index (κ3) is 3.88.